The summed E-state index contributed by atoms with van der Waals surface area (Å²) in [6.45, 7) is 0. The average Bonchev–Trinajstić information content (AvgIpc) is 1.37. The molecule has 0 rings (SSSR count). The minimum atomic E-state index is -0.166. The Morgan fingerprint density at radius 3 is 2.25 bits per heavy atom. The first-order valence-corrected chi connectivity index (χ1v) is 5.13. The fraction of sp³-hybridized carbons (Fsp3) is 1.00. The van der Waals surface area contributed by atoms with Gasteiger partial charge in [0.2, 0.25) is 0 Å². The predicted molar refractivity (Wildman–Crippen MR) is 25.7 cm³/mol. The Balaban J connectivity index is 1.97. The van der Waals surface area contributed by atoms with Crippen LogP contribution >= 0.6 is 21.8 Å². The van der Waals surface area contributed by atoms with Crippen LogP contribution < -0.4 is 0 Å². The van der Waals surface area contributed by atoms with E-state index in [1.807, 2.05) is 21.8 Å². The van der Waals surface area contributed by atoms with Crippen molar-refractivity contribution in [2.45, 2.75) is 0 Å². The summed E-state index contributed by atoms with van der Waals surface area (Å²) in [6, 6.07) is 0. The summed E-state index contributed by atoms with van der Waals surface area (Å²) in [7, 11) is 0.444. The molecule has 0 aromatic carbocycles. The van der Waals surface area contributed by atoms with Crippen LogP contribution in [0.2, 0.25) is 0 Å². The third-order valence-electron chi connectivity index (χ3n) is 0.0505. The van der Waals surface area contributed by atoms with Gasteiger partial charge in [0.05, 0.1) is 6.30 Å². The van der Waals surface area contributed by atoms with Crippen LogP contribution in [0.15, 0.2) is 0 Å². The summed E-state index contributed by atoms with van der Waals surface area (Å²) in [6.07, 6.45) is -0.166. The molecule has 0 aromatic heterocycles. The highest BCUT2D eigenvalue weighted by atomic mass is 127. The van der Waals surface area contributed by atoms with Crippen LogP contribution in [-0.4, -0.2) is 13.3 Å². The molecule has 0 N–H and O–H groups in total. The topological polar surface area (TPSA) is 0 Å². The highest BCUT2D eigenvalue weighted by Gasteiger charge is 1.67. The summed E-state index contributed by atoms with van der Waals surface area (Å²) in [5.74, 6) is 0. The van der Waals surface area contributed by atoms with Gasteiger partial charge in [-0.25, -0.2) is 0 Å². The summed E-state index contributed by atoms with van der Waals surface area (Å²) in [5, 5.41) is 0. The molecular formula is CH2FISi. The lowest BCUT2D eigenvalue weighted by Crippen LogP contribution is -1.72. The molecule has 0 atom stereocenters. The van der Waals surface area contributed by atoms with Crippen molar-refractivity contribution in [1.82, 2.24) is 0 Å². The molecule has 2 radical (unpaired) electrons. The van der Waals surface area contributed by atoms with E-state index in [0.717, 1.165) is 0 Å². The largest absolute Gasteiger partial charge is 0.254 e. The summed E-state index contributed by atoms with van der Waals surface area (Å²) in [5.41, 5.74) is 0. The normalized spacial score (nSPS) is 7.50. The Morgan fingerprint density at radius 2 is 2.25 bits per heavy atom. The fourth-order valence-corrected chi connectivity index (χ4v) is 0. The van der Waals surface area contributed by atoms with Gasteiger partial charge in [0.1, 0.15) is 0 Å². The fourth-order valence-electron chi connectivity index (χ4n) is 0. The molecule has 3 heteroatoms. The molecule has 0 spiro atoms. The Hall–Kier alpha value is 0.877. The Labute approximate surface area is 39.8 Å². The van der Waals surface area contributed by atoms with E-state index in [1.165, 1.54) is 0 Å². The number of halogens is 2. The predicted octanol–water partition coefficient (Wildman–Crippen LogP) is 0.968. The van der Waals surface area contributed by atoms with Crippen molar-refractivity contribution in [2.75, 3.05) is 6.30 Å². The van der Waals surface area contributed by atoms with Gasteiger partial charge in [0, 0.05) is 0 Å². The zero-order valence-corrected chi connectivity index (χ0v) is 5.12. The molecule has 0 unspecified atom stereocenters. The lowest BCUT2D eigenvalue weighted by atomic mass is 11.8. The third kappa shape index (κ3) is 2.88. The molecule has 0 aliphatic carbocycles. The van der Waals surface area contributed by atoms with Crippen LogP contribution in [0.5, 0.6) is 0 Å². The molecule has 0 aliphatic heterocycles. The molecule has 0 saturated heterocycles. The highest BCUT2D eigenvalue weighted by Crippen LogP contribution is 1.71. The van der Waals surface area contributed by atoms with Crippen LogP contribution in [0.4, 0.5) is 4.39 Å². The Morgan fingerprint density at radius 1 is 2.00 bits per heavy atom. The molecule has 0 nitrogen and oxygen atoms in total. The van der Waals surface area contributed by atoms with Gasteiger partial charge in [-0.1, -0.05) is 0 Å². The molecule has 24 valence electrons. The number of hydrogen-bond acceptors (Lipinski definition) is 0. The molecule has 0 aromatic rings. The van der Waals surface area contributed by atoms with E-state index in [0.29, 0.717) is 7.02 Å². The van der Waals surface area contributed by atoms with Crippen molar-refractivity contribution < 1.29 is 4.39 Å². The maximum atomic E-state index is 10.7. The molecule has 0 heterocycles. The van der Waals surface area contributed by atoms with Gasteiger partial charge >= 0.3 is 0 Å². The summed E-state index contributed by atoms with van der Waals surface area (Å²) in [4.78, 5) is 0. The zero-order chi connectivity index (χ0) is 3.41. The van der Waals surface area contributed by atoms with Crippen LogP contribution in [-0.2, 0) is 0 Å². The first-order chi connectivity index (χ1) is 1.91. The molecule has 0 aliphatic rings. The van der Waals surface area contributed by atoms with Crippen LogP contribution in [0.1, 0.15) is 0 Å². The first kappa shape index (κ1) is 4.88. The van der Waals surface area contributed by atoms with Gasteiger partial charge in [0.25, 0.3) is 0 Å². The Bertz CT molecular complexity index is 10.0. The van der Waals surface area contributed by atoms with E-state index in [4.69, 9.17) is 0 Å². The van der Waals surface area contributed by atoms with E-state index < -0.39 is 0 Å². The van der Waals surface area contributed by atoms with Crippen molar-refractivity contribution in [2.24, 2.45) is 0 Å². The van der Waals surface area contributed by atoms with Crippen molar-refractivity contribution in [3.05, 3.63) is 0 Å². The maximum Gasteiger partial charge on any atom is 0.169 e. The number of hydrogen-bond donors (Lipinski definition) is 0. The minimum Gasteiger partial charge on any atom is -0.254 e. The second-order valence-corrected chi connectivity index (χ2v) is 3.09. The quantitative estimate of drug-likeness (QED) is 0.326. The van der Waals surface area contributed by atoms with Crippen molar-refractivity contribution in [3.63, 3.8) is 0 Å². The monoisotopic (exact) mass is 188 g/mol. The smallest absolute Gasteiger partial charge is 0.169 e. The molecule has 0 amide bonds. The first-order valence-electron chi connectivity index (χ1n) is 0.810. The van der Waals surface area contributed by atoms with Gasteiger partial charge in [-0.05, 0) is 0 Å². The number of rotatable bonds is 1. The van der Waals surface area contributed by atoms with E-state index in [9.17, 15) is 4.39 Å². The van der Waals surface area contributed by atoms with E-state index in [2.05, 4.69) is 0 Å². The molecule has 0 bridgehead atoms. The molecule has 0 fully saturated rings. The third-order valence-corrected chi connectivity index (χ3v) is 1.02. The molecule has 4 heavy (non-hydrogen) atoms. The lowest BCUT2D eigenvalue weighted by molar-refractivity contribution is 0.598. The SMILES string of the molecule is FC[Si]I. The van der Waals surface area contributed by atoms with Gasteiger partial charge in [-0.2, -0.15) is 0 Å². The van der Waals surface area contributed by atoms with Crippen molar-refractivity contribution in [1.29, 1.82) is 0 Å². The van der Waals surface area contributed by atoms with E-state index >= 15 is 0 Å². The zero-order valence-electron chi connectivity index (χ0n) is 1.96. The van der Waals surface area contributed by atoms with Crippen molar-refractivity contribution >= 4 is 28.8 Å². The van der Waals surface area contributed by atoms with Crippen LogP contribution in [0, 0.1) is 0 Å². The second-order valence-electron chi connectivity index (χ2n) is 0.267. The van der Waals surface area contributed by atoms with Gasteiger partial charge in [-0.3, -0.25) is 4.39 Å². The number of alkyl halides is 1. The summed E-state index contributed by atoms with van der Waals surface area (Å²) >= 11 is 2.00. The van der Waals surface area contributed by atoms with Crippen LogP contribution in [0.3, 0.4) is 0 Å². The highest BCUT2D eigenvalue weighted by molar-refractivity contribution is 14.1. The van der Waals surface area contributed by atoms with Crippen molar-refractivity contribution in [3.8, 4) is 0 Å². The minimum absolute atomic E-state index is 0.166. The van der Waals surface area contributed by atoms with E-state index in [-0.39, 0.29) is 6.30 Å². The second kappa shape index (κ2) is 3.88. The molecular weight excluding hydrogens is 186 g/mol. The average molecular weight is 188 g/mol. The van der Waals surface area contributed by atoms with Gasteiger partial charge in [0.15, 0.2) is 7.02 Å². The Kier molecular flexibility index (Phi) is 4.73. The van der Waals surface area contributed by atoms with Gasteiger partial charge in [-0.15, -0.1) is 21.8 Å². The van der Waals surface area contributed by atoms with Crippen LogP contribution in [0.25, 0.3) is 0 Å². The van der Waals surface area contributed by atoms with E-state index in [1.54, 1.807) is 0 Å². The standard InChI is InChI=1S/CH2FISi/c2-1-4-3/h1H2. The maximum absolute atomic E-state index is 10.7. The lowest BCUT2D eigenvalue weighted by Gasteiger charge is -1.59. The molecule has 0 saturated carbocycles. The summed E-state index contributed by atoms with van der Waals surface area (Å²) < 4.78 is 10.7. The van der Waals surface area contributed by atoms with Gasteiger partial charge < -0.3 is 0 Å².